The normalized spacial score (nSPS) is 13.3. The van der Waals surface area contributed by atoms with Gasteiger partial charge < -0.3 is 15.5 Å². The van der Waals surface area contributed by atoms with E-state index < -0.39 is 12.1 Å². The molecule has 0 saturated heterocycles. The first-order chi connectivity index (χ1) is 20.7. The van der Waals surface area contributed by atoms with Gasteiger partial charge in [-0.1, -0.05) is 179 Å². The second-order valence-electron chi connectivity index (χ2n) is 12.6. The lowest BCUT2D eigenvalue weighted by molar-refractivity contribution is -0.123. The molecule has 0 aliphatic carbocycles. The van der Waals surface area contributed by atoms with Crippen LogP contribution in [0.25, 0.3) is 0 Å². The minimum Gasteiger partial charge on any atom is -0.394 e. The summed E-state index contributed by atoms with van der Waals surface area (Å²) in [5.74, 6) is -0.110. The molecule has 0 spiro atoms. The number of carbonyl (C=O) groups excluding carboxylic acids is 1. The first-order valence-electron chi connectivity index (χ1n) is 18.6. The van der Waals surface area contributed by atoms with E-state index in [2.05, 4.69) is 24.4 Å². The van der Waals surface area contributed by atoms with Gasteiger partial charge in [0.2, 0.25) is 5.91 Å². The molecule has 2 unspecified atom stereocenters. The summed E-state index contributed by atoms with van der Waals surface area (Å²) < 4.78 is 0. The molecular weight excluding hydrogens is 518 g/mol. The van der Waals surface area contributed by atoms with Crippen molar-refractivity contribution in [3.05, 3.63) is 24.3 Å². The van der Waals surface area contributed by atoms with Crippen molar-refractivity contribution in [1.82, 2.24) is 5.32 Å². The molecule has 0 radical (unpaired) electrons. The van der Waals surface area contributed by atoms with Gasteiger partial charge in [0.05, 0.1) is 18.8 Å². The molecule has 0 aliphatic rings. The maximum atomic E-state index is 11.8. The topological polar surface area (TPSA) is 69.6 Å². The molecule has 4 heteroatoms. The van der Waals surface area contributed by atoms with Crippen LogP contribution in [0.4, 0.5) is 0 Å². The number of nitrogens with one attached hydrogen (secondary N) is 1. The molecule has 3 N–H and O–H groups in total. The number of aliphatic hydroxyl groups is 2. The summed E-state index contributed by atoms with van der Waals surface area (Å²) in [5, 5.41) is 22.4. The van der Waals surface area contributed by atoms with Crippen LogP contribution in [0.2, 0.25) is 0 Å². The third-order valence-electron chi connectivity index (χ3n) is 8.44. The van der Waals surface area contributed by atoms with Crippen LogP contribution >= 0.6 is 0 Å². The maximum absolute atomic E-state index is 11.8. The summed E-state index contributed by atoms with van der Waals surface area (Å²) >= 11 is 0. The first kappa shape index (κ1) is 40.9. The Morgan fingerprint density at radius 3 is 1.36 bits per heavy atom. The minimum absolute atomic E-state index is 0.110. The van der Waals surface area contributed by atoms with Crippen LogP contribution in [0.3, 0.4) is 0 Å². The Morgan fingerprint density at radius 1 is 0.548 bits per heavy atom. The molecule has 0 fully saturated rings. The minimum atomic E-state index is -0.853. The van der Waals surface area contributed by atoms with Crippen molar-refractivity contribution in [3.8, 4) is 0 Å². The zero-order valence-electron chi connectivity index (χ0n) is 28.3. The number of aliphatic hydroxyl groups excluding tert-OH is 2. The van der Waals surface area contributed by atoms with Crippen molar-refractivity contribution in [1.29, 1.82) is 0 Å². The van der Waals surface area contributed by atoms with E-state index in [0.717, 1.165) is 32.1 Å². The Morgan fingerprint density at radius 2 is 0.929 bits per heavy atom. The largest absolute Gasteiger partial charge is 0.394 e. The molecule has 0 aromatic carbocycles. The van der Waals surface area contributed by atoms with Gasteiger partial charge in [-0.3, -0.25) is 4.79 Å². The van der Waals surface area contributed by atoms with Crippen molar-refractivity contribution >= 4 is 5.91 Å². The molecule has 0 aromatic heterocycles. The summed E-state index contributed by atoms with van der Waals surface area (Å²) in [6.45, 7) is 4.07. The molecule has 0 bridgehead atoms. The van der Waals surface area contributed by atoms with E-state index in [1.165, 1.54) is 141 Å². The average Bonchev–Trinajstić information content (AvgIpc) is 3.00. The Hall–Kier alpha value is -1.13. The predicted molar refractivity (Wildman–Crippen MR) is 184 cm³/mol. The zero-order chi connectivity index (χ0) is 30.8. The van der Waals surface area contributed by atoms with Gasteiger partial charge in [-0.15, -0.1) is 0 Å². The quantitative estimate of drug-likeness (QED) is 0.0525. The van der Waals surface area contributed by atoms with Gasteiger partial charge in [0.25, 0.3) is 0 Å². The standard InChI is InChI=1S/C38H73NO3/c1-3-5-7-8-9-10-11-12-13-14-15-16-17-18-19-20-21-22-23-24-25-26-27-28-29-30-31-32-33-37(41)36(35-40)39-38(42)34-6-4-2/h28-29,32-33,36-37,40-41H,3-27,30-31,34-35H2,1-2H3,(H,39,42)/b29-28+,33-32+. The highest BCUT2D eigenvalue weighted by Crippen LogP contribution is 2.15. The molecule has 0 aromatic rings. The van der Waals surface area contributed by atoms with Crippen LogP contribution in [0, 0.1) is 0 Å². The number of amides is 1. The third-order valence-corrected chi connectivity index (χ3v) is 8.44. The molecule has 4 nitrogen and oxygen atoms in total. The SMILES string of the molecule is CCCCCCCCCCCCCCCCCCCCCCCC/C=C/CC/C=C/C(O)C(CO)NC(=O)CCCC. The maximum Gasteiger partial charge on any atom is 0.220 e. The monoisotopic (exact) mass is 592 g/mol. The molecule has 0 heterocycles. The fraction of sp³-hybridized carbons (Fsp3) is 0.868. The summed E-state index contributed by atoms with van der Waals surface area (Å²) in [4.78, 5) is 11.8. The lowest BCUT2D eigenvalue weighted by Crippen LogP contribution is -2.45. The van der Waals surface area contributed by atoms with E-state index >= 15 is 0 Å². The van der Waals surface area contributed by atoms with Gasteiger partial charge in [-0.2, -0.15) is 0 Å². The lowest BCUT2D eigenvalue weighted by Gasteiger charge is -2.19. The zero-order valence-corrected chi connectivity index (χ0v) is 28.3. The smallest absolute Gasteiger partial charge is 0.220 e. The van der Waals surface area contributed by atoms with E-state index in [4.69, 9.17) is 0 Å². The highest BCUT2D eigenvalue weighted by molar-refractivity contribution is 5.76. The second-order valence-corrected chi connectivity index (χ2v) is 12.6. The number of hydrogen-bond acceptors (Lipinski definition) is 3. The van der Waals surface area contributed by atoms with Crippen molar-refractivity contribution in [2.75, 3.05) is 6.61 Å². The van der Waals surface area contributed by atoms with Gasteiger partial charge >= 0.3 is 0 Å². The summed E-state index contributed by atoms with van der Waals surface area (Å²) in [7, 11) is 0. The average molecular weight is 592 g/mol. The molecule has 0 saturated carbocycles. The van der Waals surface area contributed by atoms with E-state index in [9.17, 15) is 15.0 Å². The van der Waals surface area contributed by atoms with E-state index in [0.29, 0.717) is 6.42 Å². The number of rotatable bonds is 33. The van der Waals surface area contributed by atoms with E-state index in [-0.39, 0.29) is 12.5 Å². The molecular formula is C38H73NO3. The predicted octanol–water partition coefficient (Wildman–Crippen LogP) is 10.9. The molecule has 1 amide bonds. The van der Waals surface area contributed by atoms with Crippen LogP contribution in [-0.4, -0.2) is 34.9 Å². The van der Waals surface area contributed by atoms with E-state index in [1.54, 1.807) is 6.08 Å². The van der Waals surface area contributed by atoms with Gasteiger partial charge in [-0.25, -0.2) is 0 Å². The Labute approximate surface area is 262 Å². The van der Waals surface area contributed by atoms with Crippen molar-refractivity contribution in [2.24, 2.45) is 0 Å². The fourth-order valence-electron chi connectivity index (χ4n) is 5.52. The lowest BCUT2D eigenvalue weighted by atomic mass is 10.0. The second kappa shape index (κ2) is 34.4. The van der Waals surface area contributed by atoms with Crippen molar-refractivity contribution in [3.63, 3.8) is 0 Å². The summed E-state index contributed by atoms with van der Waals surface area (Å²) in [5.41, 5.74) is 0. The summed E-state index contributed by atoms with van der Waals surface area (Å²) in [6, 6.07) is -0.630. The number of carbonyl (C=O) groups is 1. The third kappa shape index (κ3) is 30.3. The van der Waals surface area contributed by atoms with Crippen molar-refractivity contribution in [2.45, 2.75) is 206 Å². The van der Waals surface area contributed by atoms with E-state index in [1.807, 2.05) is 13.0 Å². The number of allylic oxidation sites excluding steroid dienone is 3. The highest BCUT2D eigenvalue weighted by atomic mass is 16.3. The Balaban J connectivity index is 3.38. The Kier molecular flexibility index (Phi) is 33.4. The highest BCUT2D eigenvalue weighted by Gasteiger charge is 2.17. The molecule has 2 atom stereocenters. The molecule has 0 rings (SSSR count). The van der Waals surface area contributed by atoms with Crippen LogP contribution in [0.1, 0.15) is 194 Å². The van der Waals surface area contributed by atoms with Crippen LogP contribution in [0.5, 0.6) is 0 Å². The fourth-order valence-corrected chi connectivity index (χ4v) is 5.52. The van der Waals surface area contributed by atoms with Crippen LogP contribution < -0.4 is 5.32 Å². The Bertz CT molecular complexity index is 603. The van der Waals surface area contributed by atoms with Gasteiger partial charge in [0, 0.05) is 6.42 Å². The number of hydrogen-bond donors (Lipinski definition) is 3. The van der Waals surface area contributed by atoms with Gasteiger partial charge in [0.15, 0.2) is 0 Å². The van der Waals surface area contributed by atoms with Crippen LogP contribution in [-0.2, 0) is 4.79 Å². The number of unbranched alkanes of at least 4 members (excludes halogenated alkanes) is 24. The van der Waals surface area contributed by atoms with Crippen molar-refractivity contribution < 1.29 is 15.0 Å². The molecule has 42 heavy (non-hydrogen) atoms. The molecule has 248 valence electrons. The van der Waals surface area contributed by atoms with Gasteiger partial charge in [0.1, 0.15) is 0 Å². The van der Waals surface area contributed by atoms with Gasteiger partial charge in [-0.05, 0) is 32.1 Å². The van der Waals surface area contributed by atoms with Crippen LogP contribution in [0.15, 0.2) is 24.3 Å². The summed E-state index contributed by atoms with van der Waals surface area (Å²) in [6.07, 6.45) is 43.8. The first-order valence-corrected chi connectivity index (χ1v) is 18.6. The molecule has 0 aliphatic heterocycles.